The maximum atomic E-state index is 11.3. The summed E-state index contributed by atoms with van der Waals surface area (Å²) in [6.07, 6.45) is 2.45. The number of anilines is 1. The van der Waals surface area contributed by atoms with Crippen LogP contribution in [-0.4, -0.2) is 29.1 Å². The Balaban J connectivity index is 2.99. The second-order valence-electron chi connectivity index (χ2n) is 2.62. The standard InChI is InChI=1S/C8H14N3O2P/c1-3-11-4-6(9-5-14)7(10-11)8(12)13-2/h4,9H,3,5,14H2,1-2H3. The van der Waals surface area contributed by atoms with Gasteiger partial charge in [0.15, 0.2) is 5.69 Å². The second kappa shape index (κ2) is 4.96. The predicted octanol–water partition coefficient (Wildman–Crippen LogP) is 0.934. The average Bonchev–Trinajstić information content (AvgIpc) is 2.61. The lowest BCUT2D eigenvalue weighted by Gasteiger charge is -2.00. The smallest absolute Gasteiger partial charge is 0.360 e. The van der Waals surface area contributed by atoms with Crippen LogP contribution in [-0.2, 0) is 11.3 Å². The van der Waals surface area contributed by atoms with Gasteiger partial charge in [-0.25, -0.2) is 4.79 Å². The van der Waals surface area contributed by atoms with Gasteiger partial charge in [0.25, 0.3) is 0 Å². The van der Waals surface area contributed by atoms with E-state index in [2.05, 4.69) is 24.4 Å². The topological polar surface area (TPSA) is 56.2 Å². The predicted molar refractivity (Wildman–Crippen MR) is 57.4 cm³/mol. The summed E-state index contributed by atoms with van der Waals surface area (Å²) >= 11 is 0. The molecule has 1 atom stereocenters. The summed E-state index contributed by atoms with van der Waals surface area (Å²) in [6.45, 7) is 2.68. The van der Waals surface area contributed by atoms with Crippen molar-refractivity contribution in [2.75, 3.05) is 18.7 Å². The summed E-state index contributed by atoms with van der Waals surface area (Å²) in [4.78, 5) is 11.3. The fraction of sp³-hybridized carbons (Fsp3) is 0.500. The third kappa shape index (κ3) is 2.23. The number of nitrogens with zero attached hydrogens (tertiary/aromatic N) is 2. The number of nitrogens with one attached hydrogen (secondary N) is 1. The van der Waals surface area contributed by atoms with Gasteiger partial charge < -0.3 is 10.1 Å². The second-order valence-corrected chi connectivity index (χ2v) is 3.03. The molecule has 14 heavy (non-hydrogen) atoms. The normalized spacial score (nSPS) is 9.93. The monoisotopic (exact) mass is 215 g/mol. The Morgan fingerprint density at radius 1 is 1.79 bits per heavy atom. The lowest BCUT2D eigenvalue weighted by atomic mass is 10.4. The molecule has 1 unspecified atom stereocenters. The molecule has 0 radical (unpaired) electrons. The summed E-state index contributed by atoms with van der Waals surface area (Å²) < 4.78 is 6.31. The summed E-state index contributed by atoms with van der Waals surface area (Å²) in [5, 5.41) is 7.11. The molecule has 1 aromatic heterocycles. The van der Waals surface area contributed by atoms with Crippen LogP contribution in [0.4, 0.5) is 5.69 Å². The molecule has 0 amide bonds. The minimum atomic E-state index is -0.418. The van der Waals surface area contributed by atoms with Crippen LogP contribution in [0.1, 0.15) is 17.4 Å². The van der Waals surface area contributed by atoms with Gasteiger partial charge in [0, 0.05) is 19.0 Å². The zero-order valence-electron chi connectivity index (χ0n) is 8.28. The van der Waals surface area contributed by atoms with Gasteiger partial charge in [-0.2, -0.15) is 5.10 Å². The van der Waals surface area contributed by atoms with Crippen LogP contribution in [0.5, 0.6) is 0 Å². The maximum Gasteiger partial charge on any atom is 0.360 e. The van der Waals surface area contributed by atoms with Crippen molar-refractivity contribution in [2.24, 2.45) is 0 Å². The highest BCUT2D eigenvalue weighted by molar-refractivity contribution is 7.16. The van der Waals surface area contributed by atoms with Crippen molar-refractivity contribution < 1.29 is 9.53 Å². The van der Waals surface area contributed by atoms with Gasteiger partial charge >= 0.3 is 5.97 Å². The van der Waals surface area contributed by atoms with Gasteiger partial charge in [-0.15, -0.1) is 9.24 Å². The number of carbonyl (C=O) groups excluding carboxylic acids is 1. The number of rotatable bonds is 4. The van der Waals surface area contributed by atoms with Gasteiger partial charge in [0.05, 0.1) is 12.8 Å². The molecule has 0 bridgehead atoms. The Labute approximate surface area is 85.0 Å². The molecule has 1 heterocycles. The Morgan fingerprint density at radius 2 is 2.50 bits per heavy atom. The lowest BCUT2D eigenvalue weighted by Crippen LogP contribution is -2.07. The fourth-order valence-corrected chi connectivity index (χ4v) is 1.29. The first-order valence-electron chi connectivity index (χ1n) is 4.32. The van der Waals surface area contributed by atoms with E-state index in [0.29, 0.717) is 17.7 Å². The van der Waals surface area contributed by atoms with E-state index in [1.807, 2.05) is 6.92 Å². The van der Waals surface area contributed by atoms with E-state index in [1.54, 1.807) is 10.9 Å². The number of carbonyl (C=O) groups is 1. The van der Waals surface area contributed by atoms with Gasteiger partial charge in [-0.3, -0.25) is 4.68 Å². The summed E-state index contributed by atoms with van der Waals surface area (Å²) in [7, 11) is 3.87. The molecule has 0 spiro atoms. The van der Waals surface area contributed by atoms with Crippen LogP contribution in [0.2, 0.25) is 0 Å². The first-order valence-corrected chi connectivity index (χ1v) is 5.14. The number of hydrogen-bond acceptors (Lipinski definition) is 4. The Morgan fingerprint density at radius 3 is 3.00 bits per heavy atom. The van der Waals surface area contributed by atoms with Gasteiger partial charge in [0.2, 0.25) is 0 Å². The molecule has 0 aliphatic heterocycles. The van der Waals surface area contributed by atoms with Crippen LogP contribution in [0, 0.1) is 0 Å². The molecular formula is C8H14N3O2P. The minimum absolute atomic E-state index is 0.330. The van der Waals surface area contributed by atoms with Gasteiger partial charge in [-0.05, 0) is 6.92 Å². The quantitative estimate of drug-likeness (QED) is 0.599. The highest BCUT2D eigenvalue weighted by Crippen LogP contribution is 2.14. The Bertz CT molecular complexity index is 324. The summed E-state index contributed by atoms with van der Waals surface area (Å²) in [6, 6.07) is 0. The van der Waals surface area contributed by atoms with Crippen molar-refractivity contribution in [3.63, 3.8) is 0 Å². The van der Waals surface area contributed by atoms with E-state index in [9.17, 15) is 4.79 Å². The molecule has 1 N–H and O–H groups in total. The van der Waals surface area contributed by atoms with E-state index < -0.39 is 5.97 Å². The number of hydrogen-bond donors (Lipinski definition) is 1. The lowest BCUT2D eigenvalue weighted by molar-refractivity contribution is 0.0594. The Kier molecular flexibility index (Phi) is 3.89. The SMILES string of the molecule is CCn1cc(NCP)c(C(=O)OC)n1. The number of aromatic nitrogens is 2. The molecule has 5 nitrogen and oxygen atoms in total. The third-order valence-electron chi connectivity index (χ3n) is 1.76. The van der Waals surface area contributed by atoms with Crippen LogP contribution in [0.25, 0.3) is 0 Å². The van der Waals surface area contributed by atoms with Crippen molar-refractivity contribution in [2.45, 2.75) is 13.5 Å². The molecule has 1 rings (SSSR count). The van der Waals surface area contributed by atoms with E-state index in [0.717, 1.165) is 6.54 Å². The molecule has 0 saturated heterocycles. The molecule has 0 saturated carbocycles. The van der Waals surface area contributed by atoms with Gasteiger partial charge in [0.1, 0.15) is 0 Å². The maximum absolute atomic E-state index is 11.3. The molecular weight excluding hydrogens is 201 g/mol. The zero-order chi connectivity index (χ0) is 10.6. The van der Waals surface area contributed by atoms with E-state index in [-0.39, 0.29) is 0 Å². The van der Waals surface area contributed by atoms with Crippen LogP contribution >= 0.6 is 9.24 Å². The average molecular weight is 215 g/mol. The Hall–Kier alpha value is -1.09. The number of esters is 1. The molecule has 78 valence electrons. The zero-order valence-corrected chi connectivity index (χ0v) is 9.43. The van der Waals surface area contributed by atoms with Crippen molar-refractivity contribution in [1.29, 1.82) is 0 Å². The highest BCUT2D eigenvalue weighted by Gasteiger charge is 2.16. The molecule has 0 aliphatic rings. The summed E-state index contributed by atoms with van der Waals surface area (Å²) in [5.74, 6) is -0.418. The fourth-order valence-electron chi connectivity index (χ4n) is 1.07. The molecule has 0 aliphatic carbocycles. The highest BCUT2D eigenvalue weighted by atomic mass is 31.0. The number of methoxy groups -OCH3 is 1. The van der Waals surface area contributed by atoms with Gasteiger partial charge in [-0.1, -0.05) is 0 Å². The molecule has 6 heteroatoms. The number of ether oxygens (including phenoxy) is 1. The van der Waals surface area contributed by atoms with Crippen molar-refractivity contribution in [3.05, 3.63) is 11.9 Å². The molecule has 0 fully saturated rings. The number of aryl methyl sites for hydroxylation is 1. The van der Waals surface area contributed by atoms with Crippen LogP contribution in [0.15, 0.2) is 6.20 Å². The largest absolute Gasteiger partial charge is 0.464 e. The van der Waals surface area contributed by atoms with E-state index >= 15 is 0 Å². The van der Waals surface area contributed by atoms with E-state index in [4.69, 9.17) is 0 Å². The van der Waals surface area contributed by atoms with E-state index in [1.165, 1.54) is 7.11 Å². The summed E-state index contributed by atoms with van der Waals surface area (Å²) in [5.41, 5.74) is 1.03. The third-order valence-corrected chi connectivity index (χ3v) is 1.96. The van der Waals surface area contributed by atoms with Crippen LogP contribution < -0.4 is 5.32 Å². The first kappa shape index (κ1) is 11.0. The van der Waals surface area contributed by atoms with Crippen molar-refractivity contribution in [3.8, 4) is 0 Å². The van der Waals surface area contributed by atoms with Crippen molar-refractivity contribution >= 4 is 20.9 Å². The van der Waals surface area contributed by atoms with Crippen LogP contribution in [0.3, 0.4) is 0 Å². The first-order chi connectivity index (χ1) is 6.72. The minimum Gasteiger partial charge on any atom is -0.464 e. The molecule has 1 aromatic rings. The van der Waals surface area contributed by atoms with Crippen molar-refractivity contribution in [1.82, 2.24) is 9.78 Å². The molecule has 0 aromatic carbocycles.